The molecule has 2 rings (SSSR count). The molecule has 2 aliphatic rings. The van der Waals surface area contributed by atoms with E-state index in [-0.39, 0.29) is 5.41 Å². The molecule has 0 unspecified atom stereocenters. The van der Waals surface area contributed by atoms with E-state index in [2.05, 4.69) is 19.9 Å². The van der Waals surface area contributed by atoms with Crippen molar-refractivity contribution in [3.63, 3.8) is 0 Å². The van der Waals surface area contributed by atoms with Crippen molar-refractivity contribution in [2.75, 3.05) is 0 Å². The zero-order chi connectivity index (χ0) is 16.5. The summed E-state index contributed by atoms with van der Waals surface area (Å²) in [6, 6.07) is 2.73. The molecular formula is C22H39N. The first kappa shape index (κ1) is 18.8. The maximum absolute atomic E-state index is 9.70. The van der Waals surface area contributed by atoms with Crippen LogP contribution in [0.15, 0.2) is 0 Å². The average Bonchev–Trinajstić information content (AvgIpc) is 2.61. The fourth-order valence-corrected chi connectivity index (χ4v) is 5.24. The lowest BCUT2D eigenvalue weighted by Gasteiger charge is -2.41. The maximum Gasteiger partial charge on any atom is 0.0689 e. The minimum absolute atomic E-state index is 0.0456. The van der Waals surface area contributed by atoms with Gasteiger partial charge in [0, 0.05) is 0 Å². The molecule has 1 nitrogen and oxygen atoms in total. The van der Waals surface area contributed by atoms with Gasteiger partial charge >= 0.3 is 0 Å². The van der Waals surface area contributed by atoms with Crippen LogP contribution in [-0.4, -0.2) is 0 Å². The molecule has 0 aromatic heterocycles. The number of nitriles is 1. The summed E-state index contributed by atoms with van der Waals surface area (Å²) < 4.78 is 0. The van der Waals surface area contributed by atoms with Gasteiger partial charge in [0.1, 0.15) is 0 Å². The monoisotopic (exact) mass is 317 g/mol. The van der Waals surface area contributed by atoms with Crippen LogP contribution >= 0.6 is 0 Å². The zero-order valence-electron chi connectivity index (χ0n) is 15.8. The van der Waals surface area contributed by atoms with Crippen LogP contribution in [0, 0.1) is 34.5 Å². The minimum atomic E-state index is 0.0456. The summed E-state index contributed by atoms with van der Waals surface area (Å²) in [7, 11) is 0. The van der Waals surface area contributed by atoms with Crippen LogP contribution in [0.3, 0.4) is 0 Å². The van der Waals surface area contributed by atoms with Crippen molar-refractivity contribution in [2.45, 2.75) is 110 Å². The molecule has 1 heteroatoms. The molecule has 0 aliphatic heterocycles. The van der Waals surface area contributed by atoms with E-state index >= 15 is 0 Å². The predicted octanol–water partition coefficient (Wildman–Crippen LogP) is 7.26. The number of hydrogen-bond acceptors (Lipinski definition) is 1. The third-order valence-corrected chi connectivity index (χ3v) is 7.01. The third-order valence-electron chi connectivity index (χ3n) is 7.01. The fourth-order valence-electron chi connectivity index (χ4n) is 5.24. The van der Waals surface area contributed by atoms with Gasteiger partial charge in [-0.25, -0.2) is 0 Å². The molecule has 0 amide bonds. The SMILES string of the molecule is CCCCCC1(C#N)CCC(C2CCC(CCCC)CC2)CC1. The molecule has 2 saturated carbocycles. The van der Waals surface area contributed by atoms with Crippen molar-refractivity contribution in [1.82, 2.24) is 0 Å². The van der Waals surface area contributed by atoms with E-state index in [9.17, 15) is 5.26 Å². The minimum Gasteiger partial charge on any atom is -0.198 e. The van der Waals surface area contributed by atoms with E-state index in [1.165, 1.54) is 89.9 Å². The second-order valence-electron chi connectivity index (χ2n) is 8.61. The van der Waals surface area contributed by atoms with Crippen LogP contribution in [0.25, 0.3) is 0 Å². The van der Waals surface area contributed by atoms with Gasteiger partial charge < -0.3 is 0 Å². The van der Waals surface area contributed by atoms with Gasteiger partial charge in [0.05, 0.1) is 11.5 Å². The first-order chi connectivity index (χ1) is 11.2. The van der Waals surface area contributed by atoms with Crippen LogP contribution in [-0.2, 0) is 0 Å². The number of unbranched alkanes of at least 4 members (excludes halogenated alkanes) is 3. The summed E-state index contributed by atoms with van der Waals surface area (Å²) >= 11 is 0. The van der Waals surface area contributed by atoms with Gasteiger partial charge in [0.25, 0.3) is 0 Å². The Bertz CT molecular complexity index is 351. The first-order valence-corrected chi connectivity index (χ1v) is 10.6. The molecule has 0 N–H and O–H groups in total. The van der Waals surface area contributed by atoms with E-state index in [0.29, 0.717) is 0 Å². The van der Waals surface area contributed by atoms with Crippen molar-refractivity contribution < 1.29 is 0 Å². The molecular weight excluding hydrogens is 278 g/mol. The molecule has 2 fully saturated rings. The highest BCUT2D eigenvalue weighted by Crippen LogP contribution is 2.47. The lowest BCUT2D eigenvalue weighted by Crippen LogP contribution is -2.31. The van der Waals surface area contributed by atoms with Crippen LogP contribution in [0.1, 0.15) is 110 Å². The summed E-state index contributed by atoms with van der Waals surface area (Å²) in [5, 5.41) is 9.70. The van der Waals surface area contributed by atoms with Crippen molar-refractivity contribution in [3.8, 4) is 6.07 Å². The maximum atomic E-state index is 9.70. The van der Waals surface area contributed by atoms with Crippen molar-refractivity contribution in [2.24, 2.45) is 23.2 Å². The number of hydrogen-bond donors (Lipinski definition) is 0. The smallest absolute Gasteiger partial charge is 0.0689 e. The van der Waals surface area contributed by atoms with Gasteiger partial charge in [-0.05, 0) is 62.7 Å². The molecule has 0 heterocycles. The molecule has 0 aromatic rings. The average molecular weight is 318 g/mol. The van der Waals surface area contributed by atoms with Crippen molar-refractivity contribution in [1.29, 1.82) is 5.26 Å². The van der Waals surface area contributed by atoms with Gasteiger partial charge in [-0.15, -0.1) is 0 Å². The number of rotatable bonds is 8. The van der Waals surface area contributed by atoms with E-state index in [0.717, 1.165) is 24.2 Å². The molecule has 132 valence electrons. The fraction of sp³-hybridized carbons (Fsp3) is 0.955. The van der Waals surface area contributed by atoms with E-state index in [4.69, 9.17) is 0 Å². The van der Waals surface area contributed by atoms with Crippen LogP contribution in [0.5, 0.6) is 0 Å². The second kappa shape index (κ2) is 9.71. The topological polar surface area (TPSA) is 23.8 Å². The molecule has 2 aliphatic carbocycles. The molecule has 23 heavy (non-hydrogen) atoms. The van der Waals surface area contributed by atoms with Gasteiger partial charge in [-0.1, -0.05) is 65.2 Å². The largest absolute Gasteiger partial charge is 0.198 e. The molecule has 0 aromatic carbocycles. The predicted molar refractivity (Wildman–Crippen MR) is 99.1 cm³/mol. The van der Waals surface area contributed by atoms with Gasteiger partial charge in [-0.2, -0.15) is 5.26 Å². The lowest BCUT2D eigenvalue weighted by atomic mass is 9.63. The van der Waals surface area contributed by atoms with E-state index in [1.54, 1.807) is 0 Å². The van der Waals surface area contributed by atoms with Crippen molar-refractivity contribution in [3.05, 3.63) is 0 Å². The quantitative estimate of drug-likeness (QED) is 0.432. The molecule has 0 saturated heterocycles. The summed E-state index contributed by atoms with van der Waals surface area (Å²) in [5.74, 6) is 2.96. The molecule has 0 radical (unpaired) electrons. The normalized spacial score (nSPS) is 34.9. The van der Waals surface area contributed by atoms with Crippen LogP contribution < -0.4 is 0 Å². The summed E-state index contributed by atoms with van der Waals surface area (Å²) in [4.78, 5) is 0. The Kier molecular flexibility index (Phi) is 7.94. The Morgan fingerprint density at radius 2 is 1.43 bits per heavy atom. The Hall–Kier alpha value is -0.510. The number of nitrogens with zero attached hydrogens (tertiary/aromatic N) is 1. The van der Waals surface area contributed by atoms with Crippen molar-refractivity contribution >= 4 is 0 Å². The van der Waals surface area contributed by atoms with Crippen LogP contribution in [0.4, 0.5) is 0 Å². The highest BCUT2D eigenvalue weighted by molar-refractivity contribution is 5.02. The standard InChI is InChI=1S/C22H39N/c1-3-5-7-15-22(18-23)16-13-21(14-17-22)20-11-9-19(10-12-20)8-6-4-2/h19-21H,3-17H2,1-2H3. The van der Waals surface area contributed by atoms with Crippen LogP contribution in [0.2, 0.25) is 0 Å². The zero-order valence-corrected chi connectivity index (χ0v) is 15.8. The molecule has 0 atom stereocenters. The Balaban J connectivity index is 1.73. The van der Waals surface area contributed by atoms with Gasteiger partial charge in [0.2, 0.25) is 0 Å². The Labute approximate surface area is 145 Å². The Morgan fingerprint density at radius 3 is 2.00 bits per heavy atom. The lowest BCUT2D eigenvalue weighted by molar-refractivity contribution is 0.114. The first-order valence-electron chi connectivity index (χ1n) is 10.6. The highest BCUT2D eigenvalue weighted by atomic mass is 14.4. The molecule has 0 spiro atoms. The second-order valence-corrected chi connectivity index (χ2v) is 8.61. The third kappa shape index (κ3) is 5.51. The summed E-state index contributed by atoms with van der Waals surface area (Å²) in [5.41, 5.74) is 0.0456. The van der Waals surface area contributed by atoms with Gasteiger partial charge in [0.15, 0.2) is 0 Å². The summed E-state index contributed by atoms with van der Waals surface area (Å²) in [6.07, 6.45) is 20.2. The Morgan fingerprint density at radius 1 is 0.826 bits per heavy atom. The highest BCUT2D eigenvalue weighted by Gasteiger charge is 2.38. The van der Waals surface area contributed by atoms with E-state index < -0.39 is 0 Å². The molecule has 0 bridgehead atoms. The van der Waals surface area contributed by atoms with E-state index in [1.807, 2.05) is 0 Å². The summed E-state index contributed by atoms with van der Waals surface area (Å²) in [6.45, 7) is 4.57. The van der Waals surface area contributed by atoms with Gasteiger partial charge in [-0.3, -0.25) is 0 Å².